The zero-order chi connectivity index (χ0) is 28.6. The molecule has 206 valence electrons. The van der Waals surface area contributed by atoms with Gasteiger partial charge in [-0.15, -0.1) is 0 Å². The number of carbonyl (C=O) groups is 3. The summed E-state index contributed by atoms with van der Waals surface area (Å²) < 4.78 is 12.2. The van der Waals surface area contributed by atoms with Crippen LogP contribution in [-0.4, -0.2) is 63.1 Å². The van der Waals surface area contributed by atoms with Gasteiger partial charge in [-0.05, 0) is 62.1 Å². The van der Waals surface area contributed by atoms with Crippen molar-refractivity contribution in [3.05, 3.63) is 78.0 Å². The Kier molecular flexibility index (Phi) is 7.01. The molecule has 0 radical (unpaired) electrons. The second-order valence-corrected chi connectivity index (χ2v) is 10.7. The summed E-state index contributed by atoms with van der Waals surface area (Å²) in [6, 6.07) is 18.5. The van der Waals surface area contributed by atoms with Crippen LogP contribution >= 0.6 is 0 Å². The SMILES string of the molecule is C[C@H](C(=O)Nc1ccc2c(cnn2C(=O)OC(C)(C)C)n1)N(C)C(=O)OCC1c2ccccc2-c2ccccc21. The van der Waals surface area contributed by atoms with E-state index in [-0.39, 0.29) is 18.3 Å². The van der Waals surface area contributed by atoms with Crippen molar-refractivity contribution in [2.75, 3.05) is 19.0 Å². The lowest BCUT2D eigenvalue weighted by molar-refractivity contribution is -0.120. The molecule has 10 heteroatoms. The van der Waals surface area contributed by atoms with Crippen LogP contribution < -0.4 is 5.32 Å². The predicted octanol–water partition coefficient (Wildman–Crippen LogP) is 5.42. The lowest BCUT2D eigenvalue weighted by atomic mass is 9.98. The Morgan fingerprint density at radius 3 is 2.25 bits per heavy atom. The molecule has 0 unspecified atom stereocenters. The molecule has 0 bridgehead atoms. The summed E-state index contributed by atoms with van der Waals surface area (Å²) in [7, 11) is 1.52. The van der Waals surface area contributed by atoms with Gasteiger partial charge < -0.3 is 14.8 Å². The van der Waals surface area contributed by atoms with Crippen molar-refractivity contribution in [2.24, 2.45) is 0 Å². The molecule has 2 aromatic heterocycles. The summed E-state index contributed by atoms with van der Waals surface area (Å²) in [6.45, 7) is 7.07. The maximum absolute atomic E-state index is 13.0. The standard InChI is InChI=1S/C30H31N5O5/c1-18(27(36)33-26-15-14-25-24(32-26)16-31-35(25)29(38)40-30(2,3)4)34(5)28(37)39-17-23-21-12-8-6-10-19(21)20-11-7-9-13-22(20)23/h6-16,18,23H,17H2,1-5H3,(H,32,33,36)/t18-/m1/s1. The molecule has 0 fully saturated rings. The molecule has 0 saturated carbocycles. The minimum absolute atomic E-state index is 0.0774. The Morgan fingerprint density at radius 1 is 1.00 bits per heavy atom. The molecule has 10 nitrogen and oxygen atoms in total. The monoisotopic (exact) mass is 541 g/mol. The van der Waals surface area contributed by atoms with Gasteiger partial charge in [0.25, 0.3) is 0 Å². The highest BCUT2D eigenvalue weighted by molar-refractivity contribution is 5.96. The minimum atomic E-state index is -0.836. The molecule has 40 heavy (non-hydrogen) atoms. The van der Waals surface area contributed by atoms with Crippen LogP contribution in [0.15, 0.2) is 66.9 Å². The Labute approximate surface area is 231 Å². The molecule has 2 heterocycles. The van der Waals surface area contributed by atoms with Gasteiger partial charge in [-0.2, -0.15) is 9.78 Å². The van der Waals surface area contributed by atoms with Gasteiger partial charge in [0.15, 0.2) is 0 Å². The number of amides is 2. The second kappa shape index (κ2) is 10.4. The molecule has 1 N–H and O–H groups in total. The van der Waals surface area contributed by atoms with Crippen LogP contribution in [0.3, 0.4) is 0 Å². The highest BCUT2D eigenvalue weighted by atomic mass is 16.6. The number of rotatable bonds is 5. The van der Waals surface area contributed by atoms with Gasteiger partial charge in [0, 0.05) is 13.0 Å². The summed E-state index contributed by atoms with van der Waals surface area (Å²) in [5.74, 6) is -0.261. The average molecular weight is 542 g/mol. The number of ether oxygens (including phenoxy) is 2. The topological polar surface area (TPSA) is 116 Å². The van der Waals surface area contributed by atoms with Gasteiger partial charge in [-0.3, -0.25) is 9.69 Å². The number of hydrogen-bond donors (Lipinski definition) is 1. The van der Waals surface area contributed by atoms with E-state index >= 15 is 0 Å². The molecule has 1 aliphatic rings. The van der Waals surface area contributed by atoms with E-state index in [1.54, 1.807) is 39.8 Å². The molecular weight excluding hydrogens is 510 g/mol. The molecule has 5 rings (SSSR count). The normalized spacial score (nSPS) is 13.3. The Bertz CT molecular complexity index is 1560. The summed E-state index contributed by atoms with van der Waals surface area (Å²) in [5, 5.41) is 6.78. The number of benzene rings is 2. The van der Waals surface area contributed by atoms with Crippen molar-refractivity contribution in [1.29, 1.82) is 0 Å². The van der Waals surface area contributed by atoms with Gasteiger partial charge in [0.2, 0.25) is 5.91 Å². The third-order valence-electron chi connectivity index (χ3n) is 6.83. The van der Waals surface area contributed by atoms with E-state index in [2.05, 4.69) is 39.7 Å². The van der Waals surface area contributed by atoms with Crippen molar-refractivity contribution in [1.82, 2.24) is 19.7 Å². The van der Waals surface area contributed by atoms with Crippen LogP contribution in [0.4, 0.5) is 15.4 Å². The summed E-state index contributed by atoms with van der Waals surface area (Å²) in [5.41, 5.74) is 4.68. The molecular formula is C30H31N5O5. The first-order valence-corrected chi connectivity index (χ1v) is 13.0. The maximum Gasteiger partial charge on any atom is 0.435 e. The average Bonchev–Trinajstić information content (AvgIpc) is 3.49. The van der Waals surface area contributed by atoms with Gasteiger partial charge in [-0.25, -0.2) is 14.6 Å². The van der Waals surface area contributed by atoms with E-state index in [1.165, 1.54) is 18.1 Å². The van der Waals surface area contributed by atoms with Crippen molar-refractivity contribution < 1.29 is 23.9 Å². The van der Waals surface area contributed by atoms with E-state index < -0.39 is 29.7 Å². The van der Waals surface area contributed by atoms with Crippen LogP contribution in [0.5, 0.6) is 0 Å². The first-order valence-electron chi connectivity index (χ1n) is 13.0. The fourth-order valence-corrected chi connectivity index (χ4v) is 4.70. The molecule has 0 saturated heterocycles. The highest BCUT2D eigenvalue weighted by Crippen LogP contribution is 2.44. The number of pyridine rings is 1. The Balaban J connectivity index is 1.21. The van der Waals surface area contributed by atoms with E-state index in [1.807, 2.05) is 24.3 Å². The van der Waals surface area contributed by atoms with Gasteiger partial charge in [0.1, 0.15) is 29.6 Å². The number of anilines is 1. The number of likely N-dealkylation sites (N-methyl/N-ethyl adjacent to an activating group) is 1. The van der Waals surface area contributed by atoms with Crippen LogP contribution in [0.1, 0.15) is 44.7 Å². The third-order valence-corrected chi connectivity index (χ3v) is 6.83. The number of aromatic nitrogens is 3. The number of hydrogen-bond acceptors (Lipinski definition) is 7. The fourth-order valence-electron chi connectivity index (χ4n) is 4.70. The first-order chi connectivity index (χ1) is 19.0. The van der Waals surface area contributed by atoms with E-state index in [9.17, 15) is 14.4 Å². The van der Waals surface area contributed by atoms with Gasteiger partial charge in [-0.1, -0.05) is 48.5 Å². The molecule has 1 aliphatic carbocycles. The molecule has 0 spiro atoms. The number of nitrogens with zero attached hydrogens (tertiary/aromatic N) is 4. The molecule has 2 amide bonds. The van der Waals surface area contributed by atoms with E-state index in [4.69, 9.17) is 9.47 Å². The molecule has 2 aromatic carbocycles. The lowest BCUT2D eigenvalue weighted by Crippen LogP contribution is -2.43. The minimum Gasteiger partial charge on any atom is -0.448 e. The first kappa shape index (κ1) is 26.9. The van der Waals surface area contributed by atoms with E-state index in [0.29, 0.717) is 11.0 Å². The van der Waals surface area contributed by atoms with Crippen LogP contribution in [0.25, 0.3) is 22.2 Å². The Morgan fingerprint density at radius 2 is 1.62 bits per heavy atom. The molecule has 0 aliphatic heterocycles. The van der Waals surface area contributed by atoms with Crippen LogP contribution in [0, 0.1) is 0 Å². The van der Waals surface area contributed by atoms with Crippen molar-refractivity contribution in [2.45, 2.75) is 45.3 Å². The summed E-state index contributed by atoms with van der Waals surface area (Å²) in [4.78, 5) is 43.9. The number of fused-ring (bicyclic) bond motifs is 4. The van der Waals surface area contributed by atoms with Crippen molar-refractivity contribution in [3.8, 4) is 11.1 Å². The fraction of sp³-hybridized carbons (Fsp3) is 0.300. The second-order valence-electron chi connectivity index (χ2n) is 10.7. The summed E-state index contributed by atoms with van der Waals surface area (Å²) in [6.07, 6.45) is 0.187. The summed E-state index contributed by atoms with van der Waals surface area (Å²) >= 11 is 0. The highest BCUT2D eigenvalue weighted by Gasteiger charge is 2.31. The zero-order valence-corrected chi connectivity index (χ0v) is 23.0. The van der Waals surface area contributed by atoms with Gasteiger partial charge >= 0.3 is 12.2 Å². The molecule has 4 aromatic rings. The maximum atomic E-state index is 13.0. The number of nitrogens with one attached hydrogen (secondary N) is 1. The zero-order valence-electron chi connectivity index (χ0n) is 23.0. The van der Waals surface area contributed by atoms with Crippen molar-refractivity contribution in [3.63, 3.8) is 0 Å². The number of carbonyl (C=O) groups excluding carboxylic acids is 3. The quantitative estimate of drug-likeness (QED) is 0.359. The smallest absolute Gasteiger partial charge is 0.435 e. The van der Waals surface area contributed by atoms with Crippen LogP contribution in [-0.2, 0) is 14.3 Å². The van der Waals surface area contributed by atoms with E-state index in [0.717, 1.165) is 26.9 Å². The molecule has 1 atom stereocenters. The largest absolute Gasteiger partial charge is 0.448 e. The predicted molar refractivity (Wildman–Crippen MR) is 150 cm³/mol. The Hall–Kier alpha value is -4.73. The van der Waals surface area contributed by atoms with Crippen LogP contribution in [0.2, 0.25) is 0 Å². The van der Waals surface area contributed by atoms with Gasteiger partial charge in [0.05, 0.1) is 11.7 Å². The lowest BCUT2D eigenvalue weighted by Gasteiger charge is -2.24. The third kappa shape index (κ3) is 5.25. The van der Waals surface area contributed by atoms with Crippen molar-refractivity contribution >= 4 is 34.9 Å².